The number of nitrogens with zero attached hydrogens (tertiary/aromatic N) is 1. The molecule has 0 spiro atoms. The molecule has 2 aliphatic rings. The van der Waals surface area contributed by atoms with E-state index in [1.807, 2.05) is 24.0 Å². The number of hydrogen-bond acceptors (Lipinski definition) is 4. The van der Waals surface area contributed by atoms with Crippen molar-refractivity contribution in [2.24, 2.45) is 5.41 Å². The van der Waals surface area contributed by atoms with Gasteiger partial charge in [-0.15, -0.1) is 0 Å². The highest BCUT2D eigenvalue weighted by Gasteiger charge is 2.38. The summed E-state index contributed by atoms with van der Waals surface area (Å²) in [6, 6.07) is 6.08. The topological polar surface area (TPSA) is 75.5 Å². The number of aromatic amines is 1. The lowest BCUT2D eigenvalue weighted by Crippen LogP contribution is -2.38. The molecule has 0 radical (unpaired) electrons. The van der Waals surface area contributed by atoms with Gasteiger partial charge in [0.15, 0.2) is 11.5 Å². The Kier molecular flexibility index (Phi) is 4.91. The van der Waals surface area contributed by atoms with Gasteiger partial charge in [-0.2, -0.15) is 0 Å². The molecule has 1 N–H and O–H groups in total. The maximum absolute atomic E-state index is 13.3. The molecule has 1 aliphatic carbocycles. The quantitative estimate of drug-likeness (QED) is 0.611. The fourth-order valence-electron chi connectivity index (χ4n) is 5.41. The number of carbonyl (C=O) groups excluding carboxylic acids is 2. The molecule has 1 saturated heterocycles. The van der Waals surface area contributed by atoms with Gasteiger partial charge in [0.25, 0.3) is 5.91 Å². The Morgan fingerprint density at radius 1 is 1.22 bits per heavy atom. The number of piperidine rings is 1. The minimum Gasteiger partial charge on any atom is -0.497 e. The van der Waals surface area contributed by atoms with E-state index < -0.39 is 0 Å². The Hall–Kier alpha value is -3.02. The van der Waals surface area contributed by atoms with Gasteiger partial charge in [0, 0.05) is 48.6 Å². The van der Waals surface area contributed by atoms with Gasteiger partial charge in [0.05, 0.1) is 12.7 Å². The first-order valence-electron chi connectivity index (χ1n) is 11.4. The van der Waals surface area contributed by atoms with E-state index >= 15 is 0 Å². The number of hydrogen-bond donors (Lipinski definition) is 1. The van der Waals surface area contributed by atoms with Gasteiger partial charge in [-0.05, 0) is 54.9 Å². The Bertz CT molecular complexity index is 1210. The zero-order chi connectivity index (χ0) is 22.6. The summed E-state index contributed by atoms with van der Waals surface area (Å²) >= 11 is 0. The normalized spacial score (nSPS) is 18.8. The number of likely N-dealkylation sites (tertiary alicyclic amines) is 1. The van der Waals surface area contributed by atoms with Crippen LogP contribution in [0, 0.1) is 12.3 Å². The van der Waals surface area contributed by atoms with Crippen molar-refractivity contribution in [1.29, 1.82) is 0 Å². The number of rotatable bonds is 3. The smallest absolute Gasteiger partial charge is 0.289 e. The minimum absolute atomic E-state index is 0.0880. The minimum atomic E-state index is -0.130. The van der Waals surface area contributed by atoms with Crippen molar-refractivity contribution in [2.45, 2.75) is 52.4 Å². The molecule has 3 heterocycles. The second-order valence-corrected chi connectivity index (χ2v) is 10.0. The van der Waals surface area contributed by atoms with Crippen LogP contribution in [0.2, 0.25) is 0 Å². The number of carbonyl (C=O) groups is 2. The fraction of sp³-hybridized carbons (Fsp3) is 0.462. The number of furan rings is 1. The lowest BCUT2D eigenvalue weighted by atomic mass is 9.76. The van der Waals surface area contributed by atoms with Crippen LogP contribution in [0.25, 0.3) is 10.9 Å². The van der Waals surface area contributed by atoms with Gasteiger partial charge in [0.1, 0.15) is 11.5 Å². The van der Waals surface area contributed by atoms with Crippen molar-refractivity contribution in [3.05, 3.63) is 52.6 Å². The molecular weight excluding hydrogens is 404 g/mol. The van der Waals surface area contributed by atoms with Crippen LogP contribution >= 0.6 is 0 Å². The highest BCUT2D eigenvalue weighted by atomic mass is 16.5. The molecule has 1 amide bonds. The van der Waals surface area contributed by atoms with Gasteiger partial charge in [-0.1, -0.05) is 13.8 Å². The second-order valence-electron chi connectivity index (χ2n) is 10.0. The summed E-state index contributed by atoms with van der Waals surface area (Å²) in [7, 11) is 1.68. The number of methoxy groups -OCH3 is 1. The first-order chi connectivity index (χ1) is 15.3. The lowest BCUT2D eigenvalue weighted by Gasteiger charge is -2.31. The Labute approximate surface area is 187 Å². The van der Waals surface area contributed by atoms with Crippen molar-refractivity contribution < 1.29 is 18.7 Å². The van der Waals surface area contributed by atoms with E-state index in [9.17, 15) is 9.59 Å². The third-order valence-corrected chi connectivity index (χ3v) is 7.11. The van der Waals surface area contributed by atoms with E-state index in [2.05, 4.69) is 31.1 Å². The average molecular weight is 435 g/mol. The molecule has 168 valence electrons. The second kappa shape index (κ2) is 7.54. The molecule has 1 aliphatic heterocycles. The van der Waals surface area contributed by atoms with Crippen LogP contribution < -0.4 is 4.74 Å². The van der Waals surface area contributed by atoms with Crippen LogP contribution in [0.3, 0.4) is 0 Å². The number of aromatic nitrogens is 1. The van der Waals surface area contributed by atoms with E-state index in [1.165, 1.54) is 10.9 Å². The van der Waals surface area contributed by atoms with Crippen molar-refractivity contribution in [1.82, 2.24) is 9.88 Å². The molecule has 1 aromatic carbocycles. The Balaban J connectivity index is 1.33. The maximum Gasteiger partial charge on any atom is 0.289 e. The Morgan fingerprint density at radius 3 is 2.69 bits per heavy atom. The summed E-state index contributed by atoms with van der Waals surface area (Å²) in [5, 5.41) is 1.19. The molecule has 6 nitrogen and oxygen atoms in total. The molecule has 0 atom stereocenters. The molecule has 5 rings (SSSR count). The number of amides is 1. The zero-order valence-electron chi connectivity index (χ0n) is 19.2. The summed E-state index contributed by atoms with van der Waals surface area (Å²) in [5.41, 5.74) is 3.59. The fourth-order valence-corrected chi connectivity index (χ4v) is 5.41. The largest absolute Gasteiger partial charge is 0.497 e. The highest BCUT2D eigenvalue weighted by molar-refractivity contribution is 6.03. The first-order valence-corrected chi connectivity index (χ1v) is 11.4. The molecule has 1 fully saturated rings. The highest BCUT2D eigenvalue weighted by Crippen LogP contribution is 2.39. The number of benzene rings is 1. The van der Waals surface area contributed by atoms with Crippen LogP contribution in [-0.2, 0) is 6.42 Å². The number of fused-ring (bicyclic) bond motifs is 2. The van der Waals surface area contributed by atoms with E-state index in [-0.39, 0.29) is 17.1 Å². The van der Waals surface area contributed by atoms with Crippen LogP contribution in [0.4, 0.5) is 0 Å². The monoisotopic (exact) mass is 434 g/mol. The molecular formula is C26H30N2O4. The number of H-pyrrole nitrogens is 1. The lowest BCUT2D eigenvalue weighted by molar-refractivity contribution is 0.0675. The van der Waals surface area contributed by atoms with Gasteiger partial charge in [-0.3, -0.25) is 9.59 Å². The van der Waals surface area contributed by atoms with Crippen molar-refractivity contribution in [2.75, 3.05) is 20.2 Å². The molecule has 32 heavy (non-hydrogen) atoms. The predicted molar refractivity (Wildman–Crippen MR) is 123 cm³/mol. The number of nitrogens with one attached hydrogen (secondary N) is 1. The molecule has 0 unspecified atom stereocenters. The van der Waals surface area contributed by atoms with E-state index in [1.54, 1.807) is 7.11 Å². The van der Waals surface area contributed by atoms with Crippen LogP contribution in [0.5, 0.6) is 5.75 Å². The van der Waals surface area contributed by atoms with Crippen molar-refractivity contribution in [3.8, 4) is 5.75 Å². The zero-order valence-corrected chi connectivity index (χ0v) is 19.2. The van der Waals surface area contributed by atoms with Gasteiger partial charge in [0.2, 0.25) is 0 Å². The van der Waals surface area contributed by atoms with Gasteiger partial charge >= 0.3 is 0 Å². The summed E-state index contributed by atoms with van der Waals surface area (Å²) in [6.07, 6.45) is 5.05. The third kappa shape index (κ3) is 3.42. The van der Waals surface area contributed by atoms with Crippen LogP contribution in [0.15, 0.2) is 28.8 Å². The van der Waals surface area contributed by atoms with Crippen molar-refractivity contribution >= 4 is 22.6 Å². The number of Topliss-reactive ketones (excluding diaryl/α,β-unsaturated/α-hetero) is 1. The SMILES string of the molecule is COc1ccc2[nH]cc(C3CCN(C(=O)c4oc5c(c4C)C(=O)CC(C)(C)C5)CC3)c2c1. The number of ketones is 1. The summed E-state index contributed by atoms with van der Waals surface area (Å²) in [4.78, 5) is 31.2. The summed E-state index contributed by atoms with van der Waals surface area (Å²) in [6.45, 7) is 7.32. The van der Waals surface area contributed by atoms with E-state index in [0.717, 1.165) is 24.1 Å². The molecule has 2 aromatic heterocycles. The number of ether oxygens (including phenoxy) is 1. The Morgan fingerprint density at radius 2 is 1.97 bits per heavy atom. The third-order valence-electron chi connectivity index (χ3n) is 7.11. The van der Waals surface area contributed by atoms with Crippen molar-refractivity contribution in [3.63, 3.8) is 0 Å². The average Bonchev–Trinajstić information content (AvgIpc) is 3.33. The predicted octanol–water partition coefficient (Wildman–Crippen LogP) is 5.25. The van der Waals surface area contributed by atoms with E-state index in [4.69, 9.17) is 9.15 Å². The maximum atomic E-state index is 13.3. The van der Waals surface area contributed by atoms with Crippen LogP contribution in [0.1, 0.15) is 76.8 Å². The molecule has 0 saturated carbocycles. The summed E-state index contributed by atoms with van der Waals surface area (Å²) in [5.74, 6) is 2.24. The molecule has 3 aromatic rings. The van der Waals surface area contributed by atoms with Gasteiger partial charge in [-0.25, -0.2) is 0 Å². The first kappa shape index (κ1) is 20.9. The molecule has 6 heteroatoms. The van der Waals surface area contributed by atoms with E-state index in [0.29, 0.717) is 54.5 Å². The van der Waals surface area contributed by atoms with Gasteiger partial charge < -0.3 is 19.0 Å². The summed E-state index contributed by atoms with van der Waals surface area (Å²) < 4.78 is 11.4. The molecule has 0 bridgehead atoms. The van der Waals surface area contributed by atoms with Crippen LogP contribution in [-0.4, -0.2) is 41.8 Å². The standard InChI is InChI=1S/C26H30N2O4/c1-15-23-21(29)12-26(2,3)13-22(23)32-24(15)25(30)28-9-7-16(8-10-28)19-14-27-20-6-5-17(31-4)11-18(19)20/h5-6,11,14,16,27H,7-10,12-13H2,1-4H3.